The summed E-state index contributed by atoms with van der Waals surface area (Å²) in [6, 6.07) is 27.0. The summed E-state index contributed by atoms with van der Waals surface area (Å²) in [6.45, 7) is 2.01. The molecule has 5 aromatic rings. The van der Waals surface area contributed by atoms with Gasteiger partial charge in [-0.2, -0.15) is 5.26 Å². The number of nitriles is 1. The van der Waals surface area contributed by atoms with Gasteiger partial charge in [0.05, 0.1) is 40.3 Å². The van der Waals surface area contributed by atoms with Gasteiger partial charge in [0.2, 0.25) is 0 Å². The van der Waals surface area contributed by atoms with E-state index in [1.54, 1.807) is 42.5 Å². The first kappa shape index (κ1) is 26.3. The molecule has 4 aromatic carbocycles. The second kappa shape index (κ2) is 11.6. The molecule has 4 N–H and O–H groups in total. The number of benzene rings is 4. The van der Waals surface area contributed by atoms with Gasteiger partial charge in [0.15, 0.2) is 0 Å². The van der Waals surface area contributed by atoms with Crippen LogP contribution in [-0.2, 0) is 0 Å². The van der Waals surface area contributed by atoms with Crippen molar-refractivity contribution in [1.82, 2.24) is 15.3 Å². The van der Waals surface area contributed by atoms with Crippen molar-refractivity contribution < 1.29 is 13.9 Å². The van der Waals surface area contributed by atoms with Gasteiger partial charge in [-0.3, -0.25) is 4.79 Å². The summed E-state index contributed by atoms with van der Waals surface area (Å²) in [7, 11) is 0. The summed E-state index contributed by atoms with van der Waals surface area (Å²) in [5.41, 5.74) is 3.84. The highest BCUT2D eigenvalue weighted by Gasteiger charge is 2.20. The van der Waals surface area contributed by atoms with Crippen molar-refractivity contribution in [1.29, 1.82) is 5.26 Å². The van der Waals surface area contributed by atoms with E-state index in [0.29, 0.717) is 33.6 Å². The van der Waals surface area contributed by atoms with Crippen LogP contribution in [0.4, 0.5) is 10.1 Å². The second-order valence-electron chi connectivity index (χ2n) is 9.32. The Morgan fingerprint density at radius 1 is 0.950 bits per heavy atom. The highest BCUT2D eigenvalue weighted by atomic mass is 19.1. The molecule has 0 aliphatic heterocycles. The number of ether oxygens (including phenoxy) is 1. The minimum Gasteiger partial charge on any atom is -0.491 e. The molecule has 0 aliphatic carbocycles. The molecule has 0 saturated carbocycles. The number of aromatic nitrogens is 2. The largest absolute Gasteiger partial charge is 0.491 e. The second-order valence-corrected chi connectivity index (χ2v) is 9.32. The van der Waals surface area contributed by atoms with E-state index in [2.05, 4.69) is 26.7 Å². The van der Waals surface area contributed by atoms with Crippen LogP contribution >= 0.6 is 0 Å². The number of nitrogens with zero attached hydrogens (tertiary/aromatic N) is 1. The van der Waals surface area contributed by atoms with Crippen LogP contribution in [-0.4, -0.2) is 22.5 Å². The fourth-order valence-corrected chi connectivity index (χ4v) is 4.41. The summed E-state index contributed by atoms with van der Waals surface area (Å²) in [6.07, 6.45) is 0. The Balaban J connectivity index is 1.40. The van der Waals surface area contributed by atoms with E-state index in [4.69, 9.17) is 4.74 Å². The predicted molar refractivity (Wildman–Crippen MR) is 151 cm³/mol. The monoisotopic (exact) mass is 535 g/mol. The molecule has 9 heteroatoms. The van der Waals surface area contributed by atoms with Gasteiger partial charge in [0.25, 0.3) is 5.91 Å². The van der Waals surface area contributed by atoms with Gasteiger partial charge < -0.3 is 25.3 Å². The van der Waals surface area contributed by atoms with Crippen molar-refractivity contribution in [2.45, 2.75) is 19.0 Å². The van der Waals surface area contributed by atoms with Gasteiger partial charge in [0.1, 0.15) is 18.2 Å². The Hall–Kier alpha value is -5.36. The number of hydrogen-bond acceptors (Lipinski definition) is 5. The van der Waals surface area contributed by atoms with Crippen LogP contribution in [0.25, 0.3) is 11.0 Å². The number of anilines is 1. The van der Waals surface area contributed by atoms with E-state index in [9.17, 15) is 19.2 Å². The number of H-pyrrole nitrogens is 2. The highest BCUT2D eigenvalue weighted by Crippen LogP contribution is 2.27. The van der Waals surface area contributed by atoms with Crippen molar-refractivity contribution in [3.8, 4) is 11.8 Å². The maximum Gasteiger partial charge on any atom is 0.323 e. The maximum absolute atomic E-state index is 13.4. The fraction of sp³-hybridized carbons (Fsp3) is 0.129. The normalized spacial score (nSPS) is 12.3. The number of fused-ring (bicyclic) bond motifs is 1. The lowest BCUT2D eigenvalue weighted by molar-refractivity contribution is 0.0940. The lowest BCUT2D eigenvalue weighted by Crippen LogP contribution is -2.28. The van der Waals surface area contributed by atoms with Gasteiger partial charge in [-0.25, -0.2) is 9.18 Å². The number of amides is 1. The number of carbonyl (C=O) groups excluding carboxylic acids is 1. The number of hydrogen-bond donors (Lipinski definition) is 4. The van der Waals surface area contributed by atoms with Gasteiger partial charge in [-0.15, -0.1) is 0 Å². The van der Waals surface area contributed by atoms with Crippen LogP contribution in [0.3, 0.4) is 0 Å². The van der Waals surface area contributed by atoms with Gasteiger partial charge in [-0.1, -0.05) is 42.5 Å². The molecule has 0 spiro atoms. The molecule has 1 amide bonds. The molecule has 1 unspecified atom stereocenters. The van der Waals surface area contributed by atoms with E-state index in [1.165, 1.54) is 18.2 Å². The average Bonchev–Trinajstić information content (AvgIpc) is 3.35. The molecule has 8 nitrogen and oxygen atoms in total. The number of aromatic amines is 2. The molecule has 0 fully saturated rings. The highest BCUT2D eigenvalue weighted by molar-refractivity contribution is 6.00. The van der Waals surface area contributed by atoms with Crippen LogP contribution in [0.1, 0.15) is 46.1 Å². The van der Waals surface area contributed by atoms with Crippen molar-refractivity contribution in [3.05, 3.63) is 130 Å². The molecular weight excluding hydrogens is 509 g/mol. The Labute approximate surface area is 229 Å². The van der Waals surface area contributed by atoms with Crippen molar-refractivity contribution >= 4 is 22.6 Å². The van der Waals surface area contributed by atoms with Gasteiger partial charge in [0, 0.05) is 11.8 Å². The van der Waals surface area contributed by atoms with Crippen molar-refractivity contribution in [2.75, 3.05) is 11.9 Å². The quantitative estimate of drug-likeness (QED) is 0.196. The van der Waals surface area contributed by atoms with Crippen LogP contribution < -0.4 is 21.1 Å². The van der Waals surface area contributed by atoms with Gasteiger partial charge in [-0.05, 0) is 60.5 Å². The average molecular weight is 536 g/mol. The van der Waals surface area contributed by atoms with E-state index in [0.717, 1.165) is 11.1 Å². The van der Waals surface area contributed by atoms with Crippen LogP contribution in [0.2, 0.25) is 0 Å². The first-order chi connectivity index (χ1) is 19.4. The summed E-state index contributed by atoms with van der Waals surface area (Å²) in [5.74, 6) is -0.173. The van der Waals surface area contributed by atoms with Gasteiger partial charge >= 0.3 is 5.69 Å². The zero-order valence-corrected chi connectivity index (χ0v) is 21.6. The van der Waals surface area contributed by atoms with Crippen LogP contribution in [0, 0.1) is 17.1 Å². The number of nitrogens with one attached hydrogen (secondary N) is 4. The summed E-state index contributed by atoms with van der Waals surface area (Å²) in [5, 5.41) is 15.8. The Bertz CT molecular complexity index is 1740. The van der Waals surface area contributed by atoms with Crippen molar-refractivity contribution in [2.24, 2.45) is 0 Å². The maximum atomic E-state index is 13.4. The topological polar surface area (TPSA) is 123 Å². The minimum atomic E-state index is -0.394. The SMILES string of the molecule is CC(NC(=O)c1cc(C#N)ccc1N[C@@H](COc1ccc2[nH]c(=O)[nH]c2c1)c1ccccc1)c1ccc(F)cc1. The number of carbonyl (C=O) groups is 1. The Morgan fingerprint density at radius 2 is 1.70 bits per heavy atom. The standard InChI is InChI=1S/C31H26FN5O3/c1-19(21-8-10-23(32)11-9-21)34-30(38)25-15-20(17-33)7-13-26(25)35-29(22-5-3-2-4-6-22)18-40-24-12-14-27-28(16-24)37-31(39)36-27/h2-16,19,29,35H,18H2,1H3,(H,34,38)(H2,36,37,39)/t19?,29-/m0/s1. The molecule has 0 bridgehead atoms. The lowest BCUT2D eigenvalue weighted by atomic mass is 10.0. The third-order valence-corrected chi connectivity index (χ3v) is 6.55. The summed E-state index contributed by atoms with van der Waals surface area (Å²) < 4.78 is 19.5. The minimum absolute atomic E-state index is 0.206. The number of halogens is 1. The molecule has 2 atom stereocenters. The zero-order valence-electron chi connectivity index (χ0n) is 21.6. The smallest absolute Gasteiger partial charge is 0.323 e. The molecular formula is C31H26FN5O3. The summed E-state index contributed by atoms with van der Waals surface area (Å²) >= 11 is 0. The number of imidazole rings is 1. The molecule has 0 radical (unpaired) electrons. The van der Waals surface area contributed by atoms with E-state index in [1.807, 2.05) is 37.3 Å². The number of rotatable bonds is 9. The molecule has 0 saturated heterocycles. The molecule has 1 aromatic heterocycles. The molecule has 1 heterocycles. The van der Waals surface area contributed by atoms with Crippen molar-refractivity contribution in [3.63, 3.8) is 0 Å². The Morgan fingerprint density at radius 3 is 2.45 bits per heavy atom. The van der Waals surface area contributed by atoms with Crippen LogP contribution in [0.5, 0.6) is 5.75 Å². The van der Waals surface area contributed by atoms with Crippen LogP contribution in [0.15, 0.2) is 95.8 Å². The molecule has 0 aliphatic rings. The third-order valence-electron chi connectivity index (χ3n) is 6.55. The Kier molecular flexibility index (Phi) is 7.60. The molecule has 200 valence electrons. The van der Waals surface area contributed by atoms with E-state index < -0.39 is 6.04 Å². The zero-order chi connectivity index (χ0) is 28.1. The fourth-order valence-electron chi connectivity index (χ4n) is 4.41. The third kappa shape index (κ3) is 6.03. The molecule has 40 heavy (non-hydrogen) atoms. The predicted octanol–water partition coefficient (Wildman–Crippen LogP) is 5.59. The lowest BCUT2D eigenvalue weighted by Gasteiger charge is -2.23. The first-order valence-corrected chi connectivity index (χ1v) is 12.7. The van der Waals surface area contributed by atoms with E-state index >= 15 is 0 Å². The molecule has 5 rings (SSSR count). The summed E-state index contributed by atoms with van der Waals surface area (Å²) in [4.78, 5) is 30.5. The first-order valence-electron chi connectivity index (χ1n) is 12.7. The van der Waals surface area contributed by atoms with E-state index in [-0.39, 0.29) is 30.1 Å².